The zero-order valence-corrected chi connectivity index (χ0v) is 10.9. The van der Waals surface area contributed by atoms with Gasteiger partial charge in [0.05, 0.1) is 5.92 Å². The first kappa shape index (κ1) is 11.7. The third kappa shape index (κ3) is 2.02. The predicted octanol–water partition coefficient (Wildman–Crippen LogP) is 1.60. The molecule has 0 aliphatic carbocycles. The maximum absolute atomic E-state index is 6.03. The van der Waals surface area contributed by atoms with E-state index < -0.39 is 0 Å². The summed E-state index contributed by atoms with van der Waals surface area (Å²) in [5.41, 5.74) is 8.02. The van der Waals surface area contributed by atoms with Gasteiger partial charge < -0.3 is 10.3 Å². The Morgan fingerprint density at radius 1 is 1.44 bits per heavy atom. The van der Waals surface area contributed by atoms with Gasteiger partial charge in [0.1, 0.15) is 0 Å². The lowest BCUT2D eigenvalue weighted by molar-refractivity contribution is 0.352. The van der Waals surface area contributed by atoms with Crippen LogP contribution in [0.2, 0.25) is 0 Å². The van der Waals surface area contributed by atoms with Gasteiger partial charge in [-0.3, -0.25) is 4.98 Å². The van der Waals surface area contributed by atoms with Gasteiger partial charge in [0.25, 0.3) is 0 Å². The molecular weight excluding hydrogens is 248 g/mol. The van der Waals surface area contributed by atoms with Crippen molar-refractivity contribution in [2.75, 3.05) is 11.5 Å². The highest BCUT2D eigenvalue weighted by molar-refractivity contribution is 7.99. The Hall–Kier alpha value is -1.40. The lowest BCUT2D eigenvalue weighted by atomic mass is 10.1. The van der Waals surface area contributed by atoms with Gasteiger partial charge in [0, 0.05) is 35.5 Å². The van der Waals surface area contributed by atoms with Gasteiger partial charge in [-0.25, -0.2) is 0 Å². The van der Waals surface area contributed by atoms with E-state index in [9.17, 15) is 0 Å². The van der Waals surface area contributed by atoms with Crippen LogP contribution in [0.25, 0.3) is 11.4 Å². The van der Waals surface area contributed by atoms with Crippen molar-refractivity contribution in [2.24, 2.45) is 5.73 Å². The average molecular weight is 262 g/mol. The van der Waals surface area contributed by atoms with Gasteiger partial charge >= 0.3 is 0 Å². The molecule has 0 saturated carbocycles. The summed E-state index contributed by atoms with van der Waals surface area (Å²) in [7, 11) is 0. The topological polar surface area (TPSA) is 77.8 Å². The molecule has 3 rings (SSSR count). The normalized spacial score (nSPS) is 23.4. The number of rotatable bonds is 2. The fourth-order valence-electron chi connectivity index (χ4n) is 2.04. The molecule has 0 amide bonds. The Morgan fingerprint density at radius 2 is 2.33 bits per heavy atom. The van der Waals surface area contributed by atoms with Crippen LogP contribution in [0, 0.1) is 6.92 Å². The molecule has 1 fully saturated rings. The third-order valence-electron chi connectivity index (χ3n) is 3.14. The van der Waals surface area contributed by atoms with Crippen molar-refractivity contribution in [2.45, 2.75) is 18.9 Å². The molecular formula is C12H14N4OS. The quantitative estimate of drug-likeness (QED) is 0.885. The highest BCUT2D eigenvalue weighted by atomic mass is 32.2. The van der Waals surface area contributed by atoms with Crippen molar-refractivity contribution in [1.29, 1.82) is 0 Å². The Balaban J connectivity index is 1.92. The molecule has 0 aromatic carbocycles. The maximum Gasteiger partial charge on any atom is 0.232 e. The molecule has 3 heterocycles. The molecule has 1 aliphatic heterocycles. The summed E-state index contributed by atoms with van der Waals surface area (Å²) < 4.78 is 5.35. The molecule has 2 N–H and O–H groups in total. The highest BCUT2D eigenvalue weighted by Crippen LogP contribution is 2.31. The summed E-state index contributed by atoms with van der Waals surface area (Å²) in [4.78, 5) is 8.53. The molecule has 2 unspecified atom stereocenters. The lowest BCUT2D eigenvalue weighted by Gasteiger charge is -2.07. The summed E-state index contributed by atoms with van der Waals surface area (Å²) in [5, 5.41) is 4.05. The second-order valence-corrected chi connectivity index (χ2v) is 5.53. The largest absolute Gasteiger partial charge is 0.339 e. The Kier molecular flexibility index (Phi) is 3.05. The van der Waals surface area contributed by atoms with Crippen LogP contribution in [0.1, 0.15) is 17.4 Å². The zero-order chi connectivity index (χ0) is 12.5. The van der Waals surface area contributed by atoms with Gasteiger partial charge in [-0.1, -0.05) is 5.16 Å². The van der Waals surface area contributed by atoms with Crippen molar-refractivity contribution < 1.29 is 4.52 Å². The standard InChI is InChI=1S/C12H14N4OS/c1-7-4-14-3-2-8(7)11-15-12(17-16-11)9-5-18-6-10(9)13/h2-4,9-10H,5-6,13H2,1H3. The van der Waals surface area contributed by atoms with E-state index in [-0.39, 0.29) is 12.0 Å². The van der Waals surface area contributed by atoms with Crippen molar-refractivity contribution in [1.82, 2.24) is 15.1 Å². The summed E-state index contributed by atoms with van der Waals surface area (Å²) in [6.07, 6.45) is 3.53. The van der Waals surface area contributed by atoms with E-state index >= 15 is 0 Å². The first-order chi connectivity index (χ1) is 8.75. The summed E-state index contributed by atoms with van der Waals surface area (Å²) in [5.74, 6) is 3.36. The molecule has 94 valence electrons. The molecule has 0 spiro atoms. The number of aromatic nitrogens is 3. The zero-order valence-electron chi connectivity index (χ0n) is 10.0. The molecule has 2 aromatic heterocycles. The van der Waals surface area contributed by atoms with Crippen molar-refractivity contribution >= 4 is 11.8 Å². The summed E-state index contributed by atoms with van der Waals surface area (Å²) in [6, 6.07) is 2.01. The van der Waals surface area contributed by atoms with Crippen molar-refractivity contribution in [3.63, 3.8) is 0 Å². The number of thioether (sulfide) groups is 1. The van der Waals surface area contributed by atoms with Gasteiger partial charge in [0.15, 0.2) is 0 Å². The van der Waals surface area contributed by atoms with Crippen LogP contribution in [0.5, 0.6) is 0 Å². The number of aryl methyl sites for hydroxylation is 1. The Bertz CT molecular complexity index is 557. The molecule has 0 bridgehead atoms. The van der Waals surface area contributed by atoms with Crippen LogP contribution in [0.3, 0.4) is 0 Å². The highest BCUT2D eigenvalue weighted by Gasteiger charge is 2.31. The predicted molar refractivity (Wildman–Crippen MR) is 70.3 cm³/mol. The van der Waals surface area contributed by atoms with Crippen LogP contribution >= 0.6 is 11.8 Å². The monoisotopic (exact) mass is 262 g/mol. The number of hydrogen-bond donors (Lipinski definition) is 1. The van der Waals surface area contributed by atoms with E-state index in [4.69, 9.17) is 10.3 Å². The Labute approximate surface area is 109 Å². The van der Waals surface area contributed by atoms with Crippen LogP contribution in [0.4, 0.5) is 0 Å². The van der Waals surface area contributed by atoms with E-state index in [0.29, 0.717) is 11.7 Å². The minimum atomic E-state index is 0.113. The van der Waals surface area contributed by atoms with Crippen molar-refractivity contribution in [3.8, 4) is 11.4 Å². The van der Waals surface area contributed by atoms with Crippen LogP contribution in [-0.4, -0.2) is 32.7 Å². The number of hydrogen-bond acceptors (Lipinski definition) is 6. The minimum Gasteiger partial charge on any atom is -0.339 e. The average Bonchev–Trinajstić information content (AvgIpc) is 2.98. The van der Waals surface area contributed by atoms with E-state index in [1.54, 1.807) is 12.4 Å². The lowest BCUT2D eigenvalue weighted by Crippen LogP contribution is -2.26. The fraction of sp³-hybridized carbons (Fsp3) is 0.417. The second kappa shape index (κ2) is 4.70. The number of pyridine rings is 1. The molecule has 1 aliphatic rings. The fourth-order valence-corrected chi connectivity index (χ4v) is 3.33. The first-order valence-electron chi connectivity index (χ1n) is 5.83. The minimum absolute atomic E-state index is 0.113. The molecule has 2 atom stereocenters. The molecule has 5 nitrogen and oxygen atoms in total. The van der Waals surface area contributed by atoms with Crippen LogP contribution in [-0.2, 0) is 0 Å². The van der Waals surface area contributed by atoms with E-state index in [2.05, 4.69) is 15.1 Å². The van der Waals surface area contributed by atoms with Gasteiger partial charge in [-0.15, -0.1) is 0 Å². The Morgan fingerprint density at radius 3 is 3.06 bits per heavy atom. The SMILES string of the molecule is Cc1cnccc1-c1noc(C2CSCC2N)n1. The molecule has 2 aromatic rings. The van der Waals surface area contributed by atoms with E-state index in [0.717, 1.165) is 22.6 Å². The first-order valence-corrected chi connectivity index (χ1v) is 6.99. The molecule has 18 heavy (non-hydrogen) atoms. The number of nitrogens with zero attached hydrogens (tertiary/aromatic N) is 3. The molecule has 6 heteroatoms. The van der Waals surface area contributed by atoms with Crippen LogP contribution in [0.15, 0.2) is 23.0 Å². The summed E-state index contributed by atoms with van der Waals surface area (Å²) >= 11 is 1.83. The molecule has 1 saturated heterocycles. The number of nitrogens with two attached hydrogens (primary N) is 1. The third-order valence-corrected chi connectivity index (χ3v) is 4.36. The smallest absolute Gasteiger partial charge is 0.232 e. The van der Waals surface area contributed by atoms with Crippen molar-refractivity contribution in [3.05, 3.63) is 29.9 Å². The van der Waals surface area contributed by atoms with Gasteiger partial charge in [-0.2, -0.15) is 16.7 Å². The van der Waals surface area contributed by atoms with E-state index in [1.165, 1.54) is 0 Å². The maximum atomic E-state index is 6.03. The van der Waals surface area contributed by atoms with E-state index in [1.807, 2.05) is 24.8 Å². The van der Waals surface area contributed by atoms with Gasteiger partial charge in [-0.05, 0) is 18.6 Å². The van der Waals surface area contributed by atoms with Crippen LogP contribution < -0.4 is 5.73 Å². The molecule has 0 radical (unpaired) electrons. The second-order valence-electron chi connectivity index (χ2n) is 4.45. The summed E-state index contributed by atoms with van der Waals surface area (Å²) in [6.45, 7) is 1.98. The van der Waals surface area contributed by atoms with Gasteiger partial charge in [0.2, 0.25) is 11.7 Å².